The zero-order chi connectivity index (χ0) is 18.4. The second-order valence-corrected chi connectivity index (χ2v) is 7.48. The van der Waals surface area contributed by atoms with E-state index in [0.717, 1.165) is 49.7 Å². The number of benzene rings is 2. The van der Waals surface area contributed by atoms with Gasteiger partial charge in [0, 0.05) is 30.2 Å². The van der Waals surface area contributed by atoms with Gasteiger partial charge in [-0.1, -0.05) is 48.9 Å². The Morgan fingerprint density at radius 2 is 1.73 bits per heavy atom. The molecule has 138 valence electrons. The van der Waals surface area contributed by atoms with E-state index >= 15 is 0 Å². The zero-order valence-corrected chi connectivity index (χ0v) is 16.2. The number of carbonyl (C=O) groups excluding carboxylic acids is 1. The molecule has 0 aliphatic carbocycles. The molecule has 1 heterocycles. The Labute approximate surface area is 161 Å². The number of para-hydroxylation sites is 1. The minimum Gasteiger partial charge on any atom is -0.312 e. The lowest BCUT2D eigenvalue weighted by Gasteiger charge is -2.35. The van der Waals surface area contributed by atoms with Gasteiger partial charge < -0.3 is 4.90 Å². The molecule has 1 saturated heterocycles. The first-order chi connectivity index (χ1) is 12.7. The van der Waals surface area contributed by atoms with Crippen LogP contribution in [0.1, 0.15) is 31.7 Å². The van der Waals surface area contributed by atoms with Gasteiger partial charge in [-0.05, 0) is 61.7 Å². The van der Waals surface area contributed by atoms with Crippen LogP contribution < -0.4 is 4.90 Å². The second kappa shape index (κ2) is 9.20. The smallest absolute Gasteiger partial charge is 0.226 e. The van der Waals surface area contributed by atoms with Gasteiger partial charge in [0.05, 0.1) is 0 Å². The maximum Gasteiger partial charge on any atom is 0.226 e. The average Bonchev–Trinajstić information content (AvgIpc) is 2.69. The van der Waals surface area contributed by atoms with E-state index in [9.17, 15) is 4.79 Å². The van der Waals surface area contributed by atoms with Gasteiger partial charge >= 0.3 is 0 Å². The van der Waals surface area contributed by atoms with Crippen molar-refractivity contribution < 1.29 is 4.79 Å². The molecule has 1 fully saturated rings. The van der Waals surface area contributed by atoms with Crippen LogP contribution in [0.25, 0.3) is 0 Å². The molecule has 4 heteroatoms. The first-order valence-corrected chi connectivity index (χ1v) is 9.85. The molecule has 0 aromatic heterocycles. The third-order valence-electron chi connectivity index (χ3n) is 5.14. The summed E-state index contributed by atoms with van der Waals surface area (Å²) in [6.45, 7) is 5.89. The van der Waals surface area contributed by atoms with E-state index in [0.29, 0.717) is 12.3 Å². The van der Waals surface area contributed by atoms with E-state index in [1.165, 1.54) is 5.56 Å². The van der Waals surface area contributed by atoms with Gasteiger partial charge in [0.15, 0.2) is 0 Å². The van der Waals surface area contributed by atoms with Crippen LogP contribution in [-0.2, 0) is 11.3 Å². The largest absolute Gasteiger partial charge is 0.312 e. The summed E-state index contributed by atoms with van der Waals surface area (Å²) < 4.78 is 0. The van der Waals surface area contributed by atoms with Crippen molar-refractivity contribution in [2.45, 2.75) is 32.7 Å². The molecule has 26 heavy (non-hydrogen) atoms. The number of amides is 1. The topological polar surface area (TPSA) is 23.6 Å². The monoisotopic (exact) mass is 370 g/mol. The van der Waals surface area contributed by atoms with Crippen molar-refractivity contribution in [3.63, 3.8) is 0 Å². The van der Waals surface area contributed by atoms with Crippen molar-refractivity contribution >= 4 is 23.2 Å². The predicted octanol–water partition coefficient (Wildman–Crippen LogP) is 5.00. The first-order valence-electron chi connectivity index (χ1n) is 9.48. The van der Waals surface area contributed by atoms with Crippen molar-refractivity contribution in [3.8, 4) is 0 Å². The lowest BCUT2D eigenvalue weighted by Crippen LogP contribution is -2.40. The summed E-state index contributed by atoms with van der Waals surface area (Å²) in [5.74, 6) is 0.770. The Bertz CT molecular complexity index is 694. The maximum atomic E-state index is 12.4. The number of halogens is 1. The van der Waals surface area contributed by atoms with Crippen molar-refractivity contribution in [2.75, 3.05) is 24.5 Å². The fraction of sp³-hybridized carbons (Fsp3) is 0.409. The second-order valence-electron chi connectivity index (χ2n) is 7.04. The van der Waals surface area contributed by atoms with Crippen LogP contribution >= 0.6 is 11.6 Å². The molecule has 2 aromatic carbocycles. The quantitative estimate of drug-likeness (QED) is 0.714. The number of anilines is 1. The van der Waals surface area contributed by atoms with Crippen molar-refractivity contribution in [1.82, 2.24) is 4.90 Å². The highest BCUT2D eigenvalue weighted by molar-refractivity contribution is 6.30. The number of hydrogen-bond donors (Lipinski definition) is 0. The number of likely N-dealkylation sites (tertiary alicyclic amines) is 1. The number of carbonyl (C=O) groups is 1. The van der Waals surface area contributed by atoms with Gasteiger partial charge in [-0.15, -0.1) is 0 Å². The van der Waals surface area contributed by atoms with Gasteiger partial charge in [0.25, 0.3) is 0 Å². The highest BCUT2D eigenvalue weighted by Crippen LogP contribution is 2.24. The lowest BCUT2D eigenvalue weighted by atomic mass is 9.95. The lowest BCUT2D eigenvalue weighted by molar-refractivity contribution is -0.118. The number of rotatable bonds is 6. The fourth-order valence-corrected chi connectivity index (χ4v) is 3.71. The van der Waals surface area contributed by atoms with Crippen LogP contribution in [0.15, 0.2) is 54.6 Å². The molecule has 0 saturated carbocycles. The van der Waals surface area contributed by atoms with E-state index in [4.69, 9.17) is 11.6 Å². The van der Waals surface area contributed by atoms with Crippen LogP contribution in [0.2, 0.25) is 5.02 Å². The molecule has 1 aliphatic rings. The van der Waals surface area contributed by atoms with Crippen LogP contribution in [-0.4, -0.2) is 30.4 Å². The Hall–Kier alpha value is -1.84. The van der Waals surface area contributed by atoms with E-state index in [1.807, 2.05) is 54.3 Å². The third kappa shape index (κ3) is 5.09. The molecule has 0 spiro atoms. The molecule has 0 radical (unpaired) electrons. The molecule has 1 amide bonds. The van der Waals surface area contributed by atoms with Crippen LogP contribution in [0.3, 0.4) is 0 Å². The minimum absolute atomic E-state index is 0.208. The summed E-state index contributed by atoms with van der Waals surface area (Å²) in [6, 6.07) is 18.2. The molecule has 1 aliphatic heterocycles. The zero-order valence-electron chi connectivity index (χ0n) is 15.4. The number of nitrogens with zero attached hydrogens (tertiary/aromatic N) is 2. The normalized spacial score (nSPS) is 15.8. The predicted molar refractivity (Wildman–Crippen MR) is 109 cm³/mol. The van der Waals surface area contributed by atoms with Crippen LogP contribution in [0.5, 0.6) is 0 Å². The Morgan fingerprint density at radius 1 is 1.08 bits per heavy atom. The van der Waals surface area contributed by atoms with Crippen LogP contribution in [0.4, 0.5) is 5.69 Å². The fourth-order valence-electron chi connectivity index (χ4n) is 3.58. The Morgan fingerprint density at radius 3 is 2.35 bits per heavy atom. The first kappa shape index (κ1) is 18.9. The number of piperidine rings is 1. The van der Waals surface area contributed by atoms with E-state index in [2.05, 4.69) is 17.0 Å². The Kier molecular flexibility index (Phi) is 6.70. The summed E-state index contributed by atoms with van der Waals surface area (Å²) in [5, 5.41) is 0.786. The van der Waals surface area contributed by atoms with Crippen molar-refractivity contribution in [1.29, 1.82) is 0 Å². The summed E-state index contributed by atoms with van der Waals surface area (Å²) >= 11 is 5.96. The highest BCUT2D eigenvalue weighted by Gasteiger charge is 2.24. The van der Waals surface area contributed by atoms with E-state index in [-0.39, 0.29) is 5.91 Å². The third-order valence-corrected chi connectivity index (χ3v) is 5.39. The summed E-state index contributed by atoms with van der Waals surface area (Å²) in [5.41, 5.74) is 2.32. The number of hydrogen-bond acceptors (Lipinski definition) is 2. The molecular weight excluding hydrogens is 344 g/mol. The van der Waals surface area contributed by atoms with Crippen LogP contribution in [0, 0.1) is 5.92 Å². The van der Waals surface area contributed by atoms with E-state index in [1.54, 1.807) is 0 Å². The molecular formula is C22H27ClN2O. The van der Waals surface area contributed by atoms with Gasteiger partial charge in [-0.25, -0.2) is 0 Å². The molecule has 3 nitrogen and oxygen atoms in total. The standard InChI is InChI=1S/C22H27ClN2O/c1-2-22(26)25(21-6-4-3-5-7-21)17-19-12-14-24(15-13-19)16-18-8-10-20(23)11-9-18/h3-11,19H,2,12-17H2,1H3. The minimum atomic E-state index is 0.208. The van der Waals surface area contributed by atoms with Crippen molar-refractivity contribution in [2.24, 2.45) is 5.92 Å². The van der Waals surface area contributed by atoms with Gasteiger partial charge in [0.2, 0.25) is 5.91 Å². The Balaban J connectivity index is 1.55. The molecule has 0 bridgehead atoms. The summed E-state index contributed by atoms with van der Waals surface area (Å²) in [4.78, 5) is 16.9. The van der Waals surface area contributed by atoms with Gasteiger partial charge in [-0.3, -0.25) is 9.69 Å². The van der Waals surface area contributed by atoms with Gasteiger partial charge in [0.1, 0.15) is 0 Å². The highest BCUT2D eigenvalue weighted by atomic mass is 35.5. The summed E-state index contributed by atoms with van der Waals surface area (Å²) in [6.07, 6.45) is 2.81. The van der Waals surface area contributed by atoms with Crippen molar-refractivity contribution in [3.05, 3.63) is 65.2 Å². The van der Waals surface area contributed by atoms with E-state index < -0.39 is 0 Å². The maximum absolute atomic E-state index is 12.4. The average molecular weight is 371 g/mol. The molecule has 3 rings (SSSR count). The van der Waals surface area contributed by atoms with Gasteiger partial charge in [-0.2, -0.15) is 0 Å². The molecule has 0 atom stereocenters. The molecule has 2 aromatic rings. The molecule has 0 unspecified atom stereocenters. The summed E-state index contributed by atoms with van der Waals surface area (Å²) in [7, 11) is 0. The molecule has 0 N–H and O–H groups in total. The SMILES string of the molecule is CCC(=O)N(CC1CCN(Cc2ccc(Cl)cc2)CC1)c1ccccc1.